The highest BCUT2D eigenvalue weighted by Crippen LogP contribution is 2.54. The summed E-state index contributed by atoms with van der Waals surface area (Å²) in [6.45, 7) is 0.780. The summed E-state index contributed by atoms with van der Waals surface area (Å²) < 4.78 is 5.73. The SMILES string of the molecule is O=C(Cc1cn[nH]c1)N[C@H]1C[C@@H](O)[C@H](NC(=O)CC2CC3(CC3)CO2)C1. The first-order chi connectivity index (χ1) is 12.5. The van der Waals surface area contributed by atoms with Crippen LogP contribution in [0.15, 0.2) is 12.4 Å². The van der Waals surface area contributed by atoms with Gasteiger partial charge in [0.2, 0.25) is 11.8 Å². The van der Waals surface area contributed by atoms with Crippen molar-refractivity contribution in [1.82, 2.24) is 20.8 Å². The molecule has 0 radical (unpaired) electrons. The van der Waals surface area contributed by atoms with Crippen LogP contribution in [0.2, 0.25) is 0 Å². The molecular formula is C18H26N4O4. The Morgan fingerprint density at radius 2 is 2.15 bits per heavy atom. The van der Waals surface area contributed by atoms with Crippen LogP contribution < -0.4 is 10.6 Å². The van der Waals surface area contributed by atoms with E-state index in [0.29, 0.717) is 24.7 Å². The van der Waals surface area contributed by atoms with Crippen LogP contribution in [0.5, 0.6) is 0 Å². The Labute approximate surface area is 152 Å². The molecule has 8 nitrogen and oxygen atoms in total. The minimum absolute atomic E-state index is 0.00139. The molecule has 2 saturated carbocycles. The lowest BCUT2D eigenvalue weighted by atomic mass is 10.0. The summed E-state index contributed by atoms with van der Waals surface area (Å²) in [7, 11) is 0. The first kappa shape index (κ1) is 17.5. The number of nitrogens with zero attached hydrogens (tertiary/aromatic N) is 1. The van der Waals surface area contributed by atoms with Crippen molar-refractivity contribution in [2.24, 2.45) is 5.41 Å². The second kappa shape index (κ2) is 7.00. The van der Waals surface area contributed by atoms with Gasteiger partial charge in [-0.05, 0) is 43.1 Å². The Morgan fingerprint density at radius 3 is 2.85 bits per heavy atom. The number of aromatic nitrogens is 2. The van der Waals surface area contributed by atoms with E-state index < -0.39 is 6.10 Å². The topological polar surface area (TPSA) is 116 Å². The van der Waals surface area contributed by atoms with E-state index in [2.05, 4.69) is 20.8 Å². The zero-order chi connectivity index (χ0) is 18.1. The van der Waals surface area contributed by atoms with Gasteiger partial charge in [-0.15, -0.1) is 0 Å². The molecule has 4 rings (SSSR count). The molecule has 3 aliphatic rings. The zero-order valence-electron chi connectivity index (χ0n) is 14.7. The molecule has 3 fully saturated rings. The van der Waals surface area contributed by atoms with Gasteiger partial charge in [0.1, 0.15) is 0 Å². The molecule has 2 amide bonds. The molecule has 1 aromatic rings. The molecule has 4 N–H and O–H groups in total. The van der Waals surface area contributed by atoms with Crippen LogP contribution in [0.4, 0.5) is 0 Å². The fourth-order valence-electron chi connectivity index (χ4n) is 4.15. The molecule has 26 heavy (non-hydrogen) atoms. The third kappa shape index (κ3) is 4.07. The summed E-state index contributed by atoms with van der Waals surface area (Å²) in [6, 6.07) is -0.454. The molecule has 1 spiro atoms. The molecule has 142 valence electrons. The van der Waals surface area contributed by atoms with Gasteiger partial charge in [0.05, 0.1) is 43.9 Å². The van der Waals surface area contributed by atoms with Gasteiger partial charge < -0.3 is 20.5 Å². The highest BCUT2D eigenvalue weighted by molar-refractivity contribution is 5.79. The number of hydrogen-bond acceptors (Lipinski definition) is 5. The Bertz CT molecular complexity index is 658. The number of carbonyl (C=O) groups is 2. The molecule has 2 aliphatic carbocycles. The molecule has 0 bridgehead atoms. The fraction of sp³-hybridized carbons (Fsp3) is 0.722. The number of aliphatic hydroxyl groups excluding tert-OH is 1. The largest absolute Gasteiger partial charge is 0.391 e. The standard InChI is InChI=1S/C18H26N4O4/c23-15-5-12(21-16(24)3-11-8-19-20-9-11)4-14(15)22-17(25)6-13-7-18(1-2-18)10-26-13/h8-9,12-15,23H,1-7,10H2,(H,19,20)(H,21,24)(H,22,25)/t12-,13?,14-,15-/m1/s1. The van der Waals surface area contributed by atoms with E-state index in [0.717, 1.165) is 18.6 Å². The maximum Gasteiger partial charge on any atom is 0.224 e. The van der Waals surface area contributed by atoms with Crippen LogP contribution in [-0.4, -0.2) is 58.0 Å². The quantitative estimate of drug-likeness (QED) is 0.570. The van der Waals surface area contributed by atoms with Crippen LogP contribution in [0.1, 0.15) is 44.1 Å². The summed E-state index contributed by atoms with van der Waals surface area (Å²) in [5, 5.41) is 22.6. The van der Waals surface area contributed by atoms with E-state index >= 15 is 0 Å². The van der Waals surface area contributed by atoms with E-state index in [-0.39, 0.29) is 36.4 Å². The highest BCUT2D eigenvalue weighted by atomic mass is 16.5. The smallest absolute Gasteiger partial charge is 0.224 e. The lowest BCUT2D eigenvalue weighted by molar-refractivity contribution is -0.124. The van der Waals surface area contributed by atoms with Crippen LogP contribution in [0.25, 0.3) is 0 Å². The Kier molecular flexibility index (Phi) is 4.71. The van der Waals surface area contributed by atoms with E-state index in [4.69, 9.17) is 4.74 Å². The van der Waals surface area contributed by atoms with Crippen molar-refractivity contribution in [2.75, 3.05) is 6.61 Å². The zero-order valence-corrected chi connectivity index (χ0v) is 14.7. The number of ether oxygens (including phenoxy) is 1. The summed E-state index contributed by atoms with van der Waals surface area (Å²) in [6.07, 6.45) is 7.65. The lowest BCUT2D eigenvalue weighted by Crippen LogP contribution is -2.41. The van der Waals surface area contributed by atoms with Gasteiger partial charge in [0, 0.05) is 12.2 Å². The van der Waals surface area contributed by atoms with Crippen molar-refractivity contribution in [2.45, 2.75) is 69.2 Å². The van der Waals surface area contributed by atoms with Gasteiger partial charge in [-0.1, -0.05) is 0 Å². The number of H-pyrrole nitrogens is 1. The minimum Gasteiger partial charge on any atom is -0.391 e. The second-order valence-electron chi connectivity index (χ2n) is 8.10. The van der Waals surface area contributed by atoms with Gasteiger partial charge in [-0.2, -0.15) is 5.10 Å². The molecule has 1 aliphatic heterocycles. The minimum atomic E-state index is -0.641. The number of rotatable bonds is 6. The summed E-state index contributed by atoms with van der Waals surface area (Å²) in [5.41, 5.74) is 1.18. The monoisotopic (exact) mass is 362 g/mol. The summed E-state index contributed by atoms with van der Waals surface area (Å²) >= 11 is 0. The molecule has 2 heterocycles. The van der Waals surface area contributed by atoms with Gasteiger partial charge >= 0.3 is 0 Å². The van der Waals surface area contributed by atoms with Crippen LogP contribution >= 0.6 is 0 Å². The van der Waals surface area contributed by atoms with Crippen molar-refractivity contribution >= 4 is 11.8 Å². The van der Waals surface area contributed by atoms with Crippen molar-refractivity contribution in [3.8, 4) is 0 Å². The second-order valence-corrected chi connectivity index (χ2v) is 8.10. The molecule has 0 aromatic carbocycles. The highest BCUT2D eigenvalue weighted by Gasteiger charge is 2.49. The maximum absolute atomic E-state index is 12.3. The maximum atomic E-state index is 12.3. The van der Waals surface area contributed by atoms with E-state index in [1.807, 2.05) is 0 Å². The van der Waals surface area contributed by atoms with Crippen LogP contribution in [-0.2, 0) is 20.7 Å². The normalized spacial score (nSPS) is 31.9. The fourth-order valence-corrected chi connectivity index (χ4v) is 4.15. The Morgan fingerprint density at radius 1 is 1.31 bits per heavy atom. The average Bonchev–Trinajstić information content (AvgIpc) is 2.89. The Balaban J connectivity index is 1.20. The Hall–Kier alpha value is -1.93. The predicted octanol–water partition coefficient (Wildman–Crippen LogP) is 0.0357. The summed E-state index contributed by atoms with van der Waals surface area (Å²) in [5.74, 6) is -0.188. The average molecular weight is 362 g/mol. The predicted molar refractivity (Wildman–Crippen MR) is 92.0 cm³/mol. The van der Waals surface area contributed by atoms with E-state index in [1.54, 1.807) is 12.4 Å². The molecule has 1 saturated heterocycles. The molecule has 1 aromatic heterocycles. The van der Waals surface area contributed by atoms with Crippen molar-refractivity contribution in [3.05, 3.63) is 18.0 Å². The third-order valence-corrected chi connectivity index (χ3v) is 5.82. The first-order valence-electron chi connectivity index (χ1n) is 9.37. The van der Waals surface area contributed by atoms with Gasteiger partial charge in [-0.3, -0.25) is 14.7 Å². The lowest BCUT2D eigenvalue weighted by Gasteiger charge is -2.18. The van der Waals surface area contributed by atoms with Gasteiger partial charge in [0.15, 0.2) is 0 Å². The third-order valence-electron chi connectivity index (χ3n) is 5.82. The first-order valence-corrected chi connectivity index (χ1v) is 9.37. The molecular weight excluding hydrogens is 336 g/mol. The van der Waals surface area contributed by atoms with Crippen molar-refractivity contribution in [1.29, 1.82) is 0 Å². The van der Waals surface area contributed by atoms with Crippen LogP contribution in [0, 0.1) is 5.41 Å². The van der Waals surface area contributed by atoms with Crippen molar-refractivity contribution in [3.63, 3.8) is 0 Å². The van der Waals surface area contributed by atoms with Crippen LogP contribution in [0.3, 0.4) is 0 Å². The van der Waals surface area contributed by atoms with Crippen molar-refractivity contribution < 1.29 is 19.4 Å². The number of amides is 2. The molecule has 8 heteroatoms. The molecule has 1 unspecified atom stereocenters. The van der Waals surface area contributed by atoms with E-state index in [1.165, 1.54) is 12.8 Å². The number of carbonyl (C=O) groups excluding carboxylic acids is 2. The molecule has 4 atom stereocenters. The number of aromatic amines is 1. The number of aliphatic hydroxyl groups is 1. The number of nitrogens with one attached hydrogen (secondary N) is 3. The summed E-state index contributed by atoms with van der Waals surface area (Å²) in [4.78, 5) is 24.3. The number of hydrogen-bond donors (Lipinski definition) is 4. The van der Waals surface area contributed by atoms with E-state index in [9.17, 15) is 14.7 Å². The van der Waals surface area contributed by atoms with Gasteiger partial charge in [-0.25, -0.2) is 0 Å². The van der Waals surface area contributed by atoms with Gasteiger partial charge in [0.25, 0.3) is 0 Å².